The molecule has 1 aromatic carbocycles. The summed E-state index contributed by atoms with van der Waals surface area (Å²) in [5, 5.41) is 0. The van der Waals surface area contributed by atoms with Gasteiger partial charge in [-0.2, -0.15) is 0 Å². The fourth-order valence-electron chi connectivity index (χ4n) is 2.80. The van der Waals surface area contributed by atoms with E-state index >= 15 is 0 Å². The monoisotopic (exact) mass is 279 g/mol. The highest BCUT2D eigenvalue weighted by atomic mass is 16.5. The second-order valence-corrected chi connectivity index (χ2v) is 5.26. The summed E-state index contributed by atoms with van der Waals surface area (Å²) in [4.78, 5) is 0. The third-order valence-corrected chi connectivity index (χ3v) is 3.90. The van der Waals surface area contributed by atoms with Gasteiger partial charge in [-0.05, 0) is 38.2 Å². The van der Waals surface area contributed by atoms with Crippen molar-refractivity contribution in [3.05, 3.63) is 23.8 Å². The van der Waals surface area contributed by atoms with Gasteiger partial charge in [0, 0.05) is 18.2 Å². The van der Waals surface area contributed by atoms with E-state index in [-0.39, 0.29) is 6.04 Å². The van der Waals surface area contributed by atoms with Crippen molar-refractivity contribution < 1.29 is 14.2 Å². The van der Waals surface area contributed by atoms with Gasteiger partial charge in [0.15, 0.2) is 11.5 Å². The van der Waals surface area contributed by atoms with E-state index in [1.807, 2.05) is 18.2 Å². The SMILES string of the molecule is COc1cccc(C(N)CCCC2CCCO2)c1OC. The molecule has 0 aliphatic carbocycles. The van der Waals surface area contributed by atoms with E-state index in [0.717, 1.165) is 42.9 Å². The average Bonchev–Trinajstić information content (AvgIpc) is 2.99. The Morgan fingerprint density at radius 2 is 2.20 bits per heavy atom. The largest absolute Gasteiger partial charge is 0.493 e. The Labute approximate surface area is 121 Å². The van der Waals surface area contributed by atoms with Crippen molar-refractivity contribution in [1.29, 1.82) is 0 Å². The van der Waals surface area contributed by atoms with Crippen molar-refractivity contribution in [2.24, 2.45) is 5.73 Å². The first-order valence-electron chi connectivity index (χ1n) is 7.34. The van der Waals surface area contributed by atoms with Crippen LogP contribution in [0.2, 0.25) is 0 Å². The summed E-state index contributed by atoms with van der Waals surface area (Å²) in [6.07, 6.45) is 5.93. The van der Waals surface area contributed by atoms with Gasteiger partial charge >= 0.3 is 0 Å². The van der Waals surface area contributed by atoms with Gasteiger partial charge in [-0.3, -0.25) is 0 Å². The molecule has 1 fully saturated rings. The van der Waals surface area contributed by atoms with Crippen LogP contribution in [0.15, 0.2) is 18.2 Å². The van der Waals surface area contributed by atoms with Crippen molar-refractivity contribution in [3.63, 3.8) is 0 Å². The number of methoxy groups -OCH3 is 2. The molecule has 0 aromatic heterocycles. The lowest BCUT2D eigenvalue weighted by Crippen LogP contribution is -2.13. The Kier molecular flexibility index (Phi) is 5.68. The zero-order valence-corrected chi connectivity index (χ0v) is 12.4. The molecule has 0 saturated carbocycles. The van der Waals surface area contributed by atoms with Crippen molar-refractivity contribution >= 4 is 0 Å². The number of nitrogens with two attached hydrogens (primary N) is 1. The topological polar surface area (TPSA) is 53.7 Å². The number of para-hydroxylation sites is 1. The van der Waals surface area contributed by atoms with Crippen LogP contribution in [0.5, 0.6) is 11.5 Å². The average molecular weight is 279 g/mol. The minimum Gasteiger partial charge on any atom is -0.493 e. The van der Waals surface area contributed by atoms with E-state index in [4.69, 9.17) is 19.9 Å². The molecule has 1 aromatic rings. The molecule has 112 valence electrons. The normalized spacial score (nSPS) is 19.9. The van der Waals surface area contributed by atoms with Gasteiger partial charge in [-0.15, -0.1) is 0 Å². The fraction of sp³-hybridized carbons (Fsp3) is 0.625. The predicted molar refractivity (Wildman–Crippen MR) is 79.3 cm³/mol. The van der Waals surface area contributed by atoms with Gasteiger partial charge in [-0.1, -0.05) is 12.1 Å². The summed E-state index contributed by atoms with van der Waals surface area (Å²) in [6, 6.07) is 5.83. The van der Waals surface area contributed by atoms with Crippen molar-refractivity contribution in [2.75, 3.05) is 20.8 Å². The molecule has 4 nitrogen and oxygen atoms in total. The molecule has 1 aliphatic heterocycles. The molecule has 2 rings (SSSR count). The molecule has 0 amide bonds. The standard InChI is InChI=1S/C16H25NO3/c1-18-15-10-4-8-13(16(15)19-2)14(17)9-3-6-12-7-5-11-20-12/h4,8,10,12,14H,3,5-7,9,11,17H2,1-2H3. The lowest BCUT2D eigenvalue weighted by molar-refractivity contribution is 0.101. The zero-order chi connectivity index (χ0) is 14.4. The Bertz CT molecular complexity index is 416. The van der Waals surface area contributed by atoms with Crippen molar-refractivity contribution in [3.8, 4) is 11.5 Å². The molecule has 4 heteroatoms. The van der Waals surface area contributed by atoms with Crippen LogP contribution in [-0.4, -0.2) is 26.9 Å². The lowest BCUT2D eigenvalue weighted by Gasteiger charge is -2.18. The highest BCUT2D eigenvalue weighted by Crippen LogP contribution is 2.35. The molecular formula is C16H25NO3. The number of rotatable bonds is 7. The Morgan fingerprint density at radius 1 is 1.35 bits per heavy atom. The summed E-state index contributed by atoms with van der Waals surface area (Å²) >= 11 is 0. The quantitative estimate of drug-likeness (QED) is 0.833. The minimum atomic E-state index is -0.0264. The second-order valence-electron chi connectivity index (χ2n) is 5.26. The maximum absolute atomic E-state index is 6.30. The molecular weight excluding hydrogens is 254 g/mol. The van der Waals surface area contributed by atoms with Gasteiger partial charge in [0.05, 0.1) is 20.3 Å². The van der Waals surface area contributed by atoms with Crippen molar-refractivity contribution in [2.45, 2.75) is 44.2 Å². The fourth-order valence-corrected chi connectivity index (χ4v) is 2.80. The van der Waals surface area contributed by atoms with E-state index < -0.39 is 0 Å². The molecule has 2 atom stereocenters. The van der Waals surface area contributed by atoms with Gasteiger partial charge in [-0.25, -0.2) is 0 Å². The van der Waals surface area contributed by atoms with Crippen LogP contribution in [0.3, 0.4) is 0 Å². The summed E-state index contributed by atoms with van der Waals surface area (Å²) in [7, 11) is 3.30. The molecule has 0 spiro atoms. The second kappa shape index (κ2) is 7.50. The van der Waals surface area contributed by atoms with Crippen molar-refractivity contribution in [1.82, 2.24) is 0 Å². The third-order valence-electron chi connectivity index (χ3n) is 3.90. The third kappa shape index (κ3) is 3.64. The van der Waals surface area contributed by atoms with E-state index in [9.17, 15) is 0 Å². The number of ether oxygens (including phenoxy) is 3. The summed E-state index contributed by atoms with van der Waals surface area (Å²) in [5.74, 6) is 1.49. The van der Waals surface area contributed by atoms with Crippen LogP contribution in [-0.2, 0) is 4.74 Å². The highest BCUT2D eigenvalue weighted by molar-refractivity contribution is 5.47. The first kappa shape index (κ1) is 15.1. The number of hydrogen-bond donors (Lipinski definition) is 1. The molecule has 1 heterocycles. The van der Waals surface area contributed by atoms with E-state index in [0.29, 0.717) is 6.10 Å². The van der Waals surface area contributed by atoms with Crippen LogP contribution in [0.1, 0.15) is 43.7 Å². The molecule has 0 radical (unpaired) electrons. The molecule has 1 aliphatic rings. The summed E-state index contributed by atoms with van der Waals surface area (Å²) in [6.45, 7) is 0.917. The molecule has 20 heavy (non-hydrogen) atoms. The van der Waals surface area contributed by atoms with Crippen LogP contribution < -0.4 is 15.2 Å². The molecule has 0 bridgehead atoms. The molecule has 2 N–H and O–H groups in total. The van der Waals surface area contributed by atoms with Crippen LogP contribution in [0, 0.1) is 0 Å². The van der Waals surface area contributed by atoms with Gasteiger partial charge in [0.25, 0.3) is 0 Å². The van der Waals surface area contributed by atoms with Gasteiger partial charge < -0.3 is 19.9 Å². The highest BCUT2D eigenvalue weighted by Gasteiger charge is 2.18. The maximum Gasteiger partial charge on any atom is 0.165 e. The molecule has 1 saturated heterocycles. The maximum atomic E-state index is 6.30. The van der Waals surface area contributed by atoms with Gasteiger partial charge in [0.2, 0.25) is 0 Å². The predicted octanol–water partition coefficient (Wildman–Crippen LogP) is 3.05. The van der Waals surface area contributed by atoms with Crippen LogP contribution >= 0.6 is 0 Å². The first-order valence-corrected chi connectivity index (χ1v) is 7.34. The Hall–Kier alpha value is -1.26. The van der Waals surface area contributed by atoms with E-state index in [1.54, 1.807) is 14.2 Å². The van der Waals surface area contributed by atoms with Crippen LogP contribution in [0.25, 0.3) is 0 Å². The van der Waals surface area contributed by atoms with Crippen LogP contribution in [0.4, 0.5) is 0 Å². The zero-order valence-electron chi connectivity index (χ0n) is 12.4. The summed E-state index contributed by atoms with van der Waals surface area (Å²) in [5.41, 5.74) is 7.32. The first-order chi connectivity index (χ1) is 9.76. The van der Waals surface area contributed by atoms with E-state index in [1.165, 1.54) is 12.8 Å². The minimum absolute atomic E-state index is 0.0264. The van der Waals surface area contributed by atoms with E-state index in [2.05, 4.69) is 0 Å². The smallest absolute Gasteiger partial charge is 0.165 e. The number of hydrogen-bond acceptors (Lipinski definition) is 4. The molecule has 2 unspecified atom stereocenters. The Balaban J connectivity index is 1.92. The van der Waals surface area contributed by atoms with Gasteiger partial charge in [0.1, 0.15) is 0 Å². The number of benzene rings is 1. The summed E-state index contributed by atoms with van der Waals surface area (Å²) < 4.78 is 16.4. The lowest BCUT2D eigenvalue weighted by atomic mass is 9.99. The Morgan fingerprint density at radius 3 is 2.85 bits per heavy atom.